The molecule has 0 saturated heterocycles. The molecule has 1 aromatic heterocycles. The first-order chi connectivity index (χ1) is 11.9. The van der Waals surface area contributed by atoms with Gasteiger partial charge in [0.25, 0.3) is 0 Å². The van der Waals surface area contributed by atoms with Crippen LogP contribution in [0, 0.1) is 0 Å². The van der Waals surface area contributed by atoms with Gasteiger partial charge in [-0.3, -0.25) is 0 Å². The van der Waals surface area contributed by atoms with Crippen molar-refractivity contribution in [3.8, 4) is 11.3 Å². The Morgan fingerprint density at radius 3 is 1.92 bits per heavy atom. The third-order valence-corrected chi connectivity index (χ3v) is 4.62. The van der Waals surface area contributed by atoms with Gasteiger partial charge in [0.15, 0.2) is 0 Å². The zero-order valence-corrected chi connectivity index (χ0v) is 13.1. The first-order valence-electron chi connectivity index (χ1n) is 8.17. The van der Waals surface area contributed by atoms with Gasteiger partial charge >= 0.3 is 0 Å². The lowest BCUT2D eigenvalue weighted by atomic mass is 9.98. The van der Waals surface area contributed by atoms with E-state index in [2.05, 4.69) is 84.9 Å². The summed E-state index contributed by atoms with van der Waals surface area (Å²) in [5.41, 5.74) is 3.25. The molecule has 1 heterocycles. The van der Waals surface area contributed by atoms with Crippen LogP contribution in [0.2, 0.25) is 0 Å². The smallest absolute Gasteiger partial charge is 0.0788 e. The molecule has 5 aromatic rings. The van der Waals surface area contributed by atoms with E-state index in [4.69, 9.17) is 4.98 Å². The standard InChI is InChI=1S/C23H15N/c1-2-8-16(9-3-1)23-20-13-7-6-12-19(20)21-14-17-10-4-5-11-18(17)15-22(21)24-23/h1-15H. The average molecular weight is 305 g/mol. The molecule has 0 spiro atoms. The molecule has 0 aliphatic carbocycles. The fourth-order valence-electron chi connectivity index (χ4n) is 3.46. The lowest BCUT2D eigenvalue weighted by molar-refractivity contribution is 1.43. The van der Waals surface area contributed by atoms with Gasteiger partial charge in [-0.05, 0) is 28.3 Å². The second-order valence-corrected chi connectivity index (χ2v) is 6.09. The summed E-state index contributed by atoms with van der Waals surface area (Å²) in [5.74, 6) is 0. The number of pyridine rings is 1. The summed E-state index contributed by atoms with van der Waals surface area (Å²) in [6.45, 7) is 0. The second kappa shape index (κ2) is 5.17. The van der Waals surface area contributed by atoms with Gasteiger partial charge in [0.2, 0.25) is 0 Å². The van der Waals surface area contributed by atoms with Gasteiger partial charge in [-0.25, -0.2) is 4.98 Å². The molecule has 0 amide bonds. The number of hydrogen-bond acceptors (Lipinski definition) is 1. The van der Waals surface area contributed by atoms with Crippen LogP contribution in [0.25, 0.3) is 43.7 Å². The zero-order chi connectivity index (χ0) is 15.9. The summed E-state index contributed by atoms with van der Waals surface area (Å²) in [4.78, 5) is 5.02. The van der Waals surface area contributed by atoms with Gasteiger partial charge < -0.3 is 0 Å². The Bertz CT molecular complexity index is 1190. The van der Waals surface area contributed by atoms with Gasteiger partial charge in [0.1, 0.15) is 0 Å². The Morgan fingerprint density at radius 2 is 1.12 bits per heavy atom. The Morgan fingerprint density at radius 1 is 0.500 bits per heavy atom. The normalized spacial score (nSPS) is 11.3. The molecule has 5 rings (SSSR count). The summed E-state index contributed by atoms with van der Waals surface area (Å²) in [6.07, 6.45) is 0. The molecule has 112 valence electrons. The number of rotatable bonds is 1. The molecule has 0 fully saturated rings. The molecule has 4 aromatic carbocycles. The van der Waals surface area contributed by atoms with Crippen molar-refractivity contribution in [3.05, 3.63) is 91.0 Å². The highest BCUT2D eigenvalue weighted by molar-refractivity contribution is 6.14. The van der Waals surface area contributed by atoms with Crippen LogP contribution in [0.4, 0.5) is 0 Å². The van der Waals surface area contributed by atoms with E-state index < -0.39 is 0 Å². The first kappa shape index (κ1) is 13.3. The molecule has 0 bridgehead atoms. The minimum absolute atomic E-state index is 1.05. The Kier molecular flexibility index (Phi) is 2.86. The summed E-state index contributed by atoms with van der Waals surface area (Å²) in [5, 5.41) is 6.15. The quantitative estimate of drug-likeness (QED) is 0.265. The maximum absolute atomic E-state index is 5.02. The summed E-state index contributed by atoms with van der Waals surface area (Å²) >= 11 is 0. The van der Waals surface area contributed by atoms with Crippen LogP contribution in [0.3, 0.4) is 0 Å². The molecule has 0 atom stereocenters. The predicted molar refractivity (Wildman–Crippen MR) is 102 cm³/mol. The highest BCUT2D eigenvalue weighted by Crippen LogP contribution is 2.34. The highest BCUT2D eigenvalue weighted by atomic mass is 14.7. The van der Waals surface area contributed by atoms with Crippen LogP contribution in [-0.2, 0) is 0 Å². The topological polar surface area (TPSA) is 12.9 Å². The molecule has 0 N–H and O–H groups in total. The van der Waals surface area contributed by atoms with Gasteiger partial charge in [-0.2, -0.15) is 0 Å². The van der Waals surface area contributed by atoms with Crippen molar-refractivity contribution < 1.29 is 0 Å². The third kappa shape index (κ3) is 1.99. The van der Waals surface area contributed by atoms with Crippen molar-refractivity contribution in [1.29, 1.82) is 0 Å². The molecule has 0 unspecified atom stereocenters. The molecule has 0 saturated carbocycles. The summed E-state index contributed by atoms with van der Waals surface area (Å²) in [7, 11) is 0. The maximum atomic E-state index is 5.02. The van der Waals surface area contributed by atoms with E-state index in [1.165, 1.54) is 26.9 Å². The molecule has 24 heavy (non-hydrogen) atoms. The molecular weight excluding hydrogens is 290 g/mol. The number of nitrogens with zero attached hydrogens (tertiary/aromatic N) is 1. The lowest BCUT2D eigenvalue weighted by Gasteiger charge is -2.11. The lowest BCUT2D eigenvalue weighted by Crippen LogP contribution is -1.90. The Labute approximate surface area is 140 Å². The third-order valence-electron chi connectivity index (χ3n) is 4.62. The molecule has 1 heteroatoms. The highest BCUT2D eigenvalue weighted by Gasteiger charge is 2.10. The fraction of sp³-hybridized carbons (Fsp3) is 0. The van der Waals surface area contributed by atoms with Crippen molar-refractivity contribution in [2.45, 2.75) is 0 Å². The van der Waals surface area contributed by atoms with Gasteiger partial charge in [-0.1, -0.05) is 78.9 Å². The fourth-order valence-corrected chi connectivity index (χ4v) is 3.46. The second-order valence-electron chi connectivity index (χ2n) is 6.09. The first-order valence-corrected chi connectivity index (χ1v) is 8.17. The van der Waals surface area contributed by atoms with Gasteiger partial charge in [-0.15, -0.1) is 0 Å². The van der Waals surface area contributed by atoms with Crippen LogP contribution >= 0.6 is 0 Å². The maximum Gasteiger partial charge on any atom is 0.0788 e. The minimum Gasteiger partial charge on any atom is -0.247 e. The number of hydrogen-bond donors (Lipinski definition) is 0. The minimum atomic E-state index is 1.05. The zero-order valence-electron chi connectivity index (χ0n) is 13.1. The van der Waals surface area contributed by atoms with Crippen LogP contribution in [0.5, 0.6) is 0 Å². The van der Waals surface area contributed by atoms with Crippen molar-refractivity contribution >= 4 is 32.4 Å². The van der Waals surface area contributed by atoms with E-state index in [0.29, 0.717) is 0 Å². The summed E-state index contributed by atoms with van der Waals surface area (Å²) in [6, 6.07) is 31.9. The number of aromatic nitrogens is 1. The van der Waals surface area contributed by atoms with E-state index in [9.17, 15) is 0 Å². The Balaban J connectivity index is 1.97. The van der Waals surface area contributed by atoms with E-state index in [-0.39, 0.29) is 0 Å². The average Bonchev–Trinajstić information content (AvgIpc) is 2.66. The van der Waals surface area contributed by atoms with E-state index in [0.717, 1.165) is 16.8 Å². The van der Waals surface area contributed by atoms with Crippen LogP contribution in [0.15, 0.2) is 91.0 Å². The Hall–Kier alpha value is -3.19. The number of fused-ring (bicyclic) bond motifs is 4. The van der Waals surface area contributed by atoms with Gasteiger partial charge in [0.05, 0.1) is 11.2 Å². The van der Waals surface area contributed by atoms with E-state index in [1.54, 1.807) is 0 Å². The van der Waals surface area contributed by atoms with E-state index >= 15 is 0 Å². The van der Waals surface area contributed by atoms with Crippen molar-refractivity contribution in [3.63, 3.8) is 0 Å². The van der Waals surface area contributed by atoms with Crippen molar-refractivity contribution in [2.75, 3.05) is 0 Å². The SMILES string of the molecule is c1ccc(-c2nc3cc4ccccc4cc3c3ccccc23)cc1. The largest absolute Gasteiger partial charge is 0.247 e. The van der Waals surface area contributed by atoms with Gasteiger partial charge in [0, 0.05) is 16.3 Å². The van der Waals surface area contributed by atoms with Crippen LogP contribution < -0.4 is 0 Å². The summed E-state index contributed by atoms with van der Waals surface area (Å²) < 4.78 is 0. The number of benzene rings is 4. The molecule has 0 radical (unpaired) electrons. The monoisotopic (exact) mass is 305 g/mol. The molecule has 0 aliphatic rings. The van der Waals surface area contributed by atoms with E-state index in [1.807, 2.05) is 6.07 Å². The van der Waals surface area contributed by atoms with Crippen LogP contribution in [0.1, 0.15) is 0 Å². The van der Waals surface area contributed by atoms with Crippen molar-refractivity contribution in [2.24, 2.45) is 0 Å². The van der Waals surface area contributed by atoms with Crippen LogP contribution in [-0.4, -0.2) is 4.98 Å². The predicted octanol–water partition coefficient (Wildman–Crippen LogP) is 6.21. The molecule has 0 aliphatic heterocycles. The molecular formula is C23H15N. The van der Waals surface area contributed by atoms with Crippen molar-refractivity contribution in [1.82, 2.24) is 4.98 Å². The molecule has 1 nitrogen and oxygen atoms in total.